The Balaban J connectivity index is 1.76. The number of carbonyl (C=O) groups excluding carboxylic acids is 1. The summed E-state index contributed by atoms with van der Waals surface area (Å²) < 4.78 is 11.4. The van der Waals surface area contributed by atoms with Crippen molar-refractivity contribution in [2.45, 2.75) is 20.1 Å². The molecule has 0 atom stereocenters. The molecule has 0 amide bonds. The summed E-state index contributed by atoms with van der Waals surface area (Å²) in [6, 6.07) is 8.38. The van der Waals surface area contributed by atoms with E-state index in [1.165, 1.54) is 21.9 Å². The van der Waals surface area contributed by atoms with E-state index in [1.54, 1.807) is 19.2 Å². The summed E-state index contributed by atoms with van der Waals surface area (Å²) >= 11 is 1.26. The molecule has 0 bridgehead atoms. The molecule has 2 heterocycles. The molecule has 1 aromatic carbocycles. The minimum atomic E-state index is -0.457. The quantitative estimate of drug-likeness (QED) is 0.658. The lowest BCUT2D eigenvalue weighted by atomic mass is 10.1. The largest absolute Gasteiger partial charge is 0.456 e. The lowest BCUT2D eigenvalue weighted by molar-refractivity contribution is 0.0468. The molecule has 0 aliphatic rings. The van der Waals surface area contributed by atoms with E-state index in [0.29, 0.717) is 27.8 Å². The third-order valence-corrected chi connectivity index (χ3v) is 4.13. The third kappa shape index (κ3) is 3.50. The summed E-state index contributed by atoms with van der Waals surface area (Å²) in [6.07, 6.45) is 0. The molecule has 2 aromatic heterocycles. The fourth-order valence-corrected chi connectivity index (χ4v) is 2.95. The van der Waals surface area contributed by atoms with Crippen molar-refractivity contribution in [3.8, 4) is 0 Å². The predicted molar refractivity (Wildman–Crippen MR) is 88.1 cm³/mol. The molecular weight excluding hydrogens is 330 g/mol. The second kappa shape index (κ2) is 6.90. The summed E-state index contributed by atoms with van der Waals surface area (Å²) in [5.41, 5.74) is 1.58. The van der Waals surface area contributed by atoms with Crippen LogP contribution in [0.1, 0.15) is 26.6 Å². The van der Waals surface area contributed by atoms with Crippen molar-refractivity contribution in [3.63, 3.8) is 0 Å². The second-order valence-electron chi connectivity index (χ2n) is 5.15. The number of aromatic nitrogens is 3. The number of aryl methyl sites for hydroxylation is 1. The lowest BCUT2D eigenvalue weighted by Gasteiger charge is -2.04. The van der Waals surface area contributed by atoms with Gasteiger partial charge in [0.2, 0.25) is 4.96 Å². The van der Waals surface area contributed by atoms with E-state index >= 15 is 0 Å². The number of hydrogen-bond acceptors (Lipinski definition) is 7. The average Bonchev–Trinajstić information content (AvgIpc) is 2.97. The molecule has 8 heteroatoms. The molecule has 0 fully saturated rings. The lowest BCUT2D eigenvalue weighted by Crippen LogP contribution is -2.16. The number of nitrogens with zero attached hydrogens (tertiary/aromatic N) is 3. The van der Waals surface area contributed by atoms with Crippen LogP contribution in [0.5, 0.6) is 0 Å². The van der Waals surface area contributed by atoms with Crippen LogP contribution in [0.2, 0.25) is 0 Å². The molecule has 0 radical (unpaired) electrons. The molecule has 0 aliphatic carbocycles. The van der Waals surface area contributed by atoms with Crippen LogP contribution >= 0.6 is 11.3 Å². The Labute approximate surface area is 141 Å². The Morgan fingerprint density at radius 3 is 2.71 bits per heavy atom. The van der Waals surface area contributed by atoms with Crippen molar-refractivity contribution in [1.29, 1.82) is 0 Å². The van der Waals surface area contributed by atoms with Crippen LogP contribution < -0.4 is 5.56 Å². The molecule has 0 spiro atoms. The zero-order valence-corrected chi connectivity index (χ0v) is 14.0. The zero-order valence-electron chi connectivity index (χ0n) is 13.2. The number of rotatable bonds is 5. The minimum absolute atomic E-state index is 0.0735. The van der Waals surface area contributed by atoms with Gasteiger partial charge in [0.05, 0.1) is 17.9 Å². The number of carbonyl (C=O) groups is 1. The van der Waals surface area contributed by atoms with Gasteiger partial charge >= 0.3 is 5.97 Å². The molecule has 0 aliphatic heterocycles. The van der Waals surface area contributed by atoms with Gasteiger partial charge in [-0.15, -0.1) is 0 Å². The van der Waals surface area contributed by atoms with E-state index in [9.17, 15) is 9.59 Å². The van der Waals surface area contributed by atoms with Gasteiger partial charge in [-0.25, -0.2) is 9.78 Å². The van der Waals surface area contributed by atoms with E-state index in [2.05, 4.69) is 10.1 Å². The monoisotopic (exact) mass is 345 g/mol. The van der Waals surface area contributed by atoms with Gasteiger partial charge in [0, 0.05) is 13.2 Å². The highest BCUT2D eigenvalue weighted by Gasteiger charge is 2.11. The summed E-state index contributed by atoms with van der Waals surface area (Å²) in [5.74, 6) is -0.457. The van der Waals surface area contributed by atoms with E-state index in [0.717, 1.165) is 5.56 Å². The van der Waals surface area contributed by atoms with Crippen molar-refractivity contribution < 1.29 is 14.3 Å². The van der Waals surface area contributed by atoms with Crippen LogP contribution in [0.15, 0.2) is 35.1 Å². The number of esters is 1. The predicted octanol–water partition coefficient (Wildman–Crippen LogP) is 1.96. The Bertz CT molecular complexity index is 931. The van der Waals surface area contributed by atoms with E-state index in [1.807, 2.05) is 19.1 Å². The van der Waals surface area contributed by atoms with Gasteiger partial charge in [-0.05, 0) is 19.1 Å². The molecule has 3 aromatic rings. The first-order valence-electron chi connectivity index (χ1n) is 7.18. The molecule has 3 rings (SSSR count). The van der Waals surface area contributed by atoms with Gasteiger partial charge in [0.1, 0.15) is 11.6 Å². The Morgan fingerprint density at radius 2 is 2.00 bits per heavy atom. The maximum atomic E-state index is 12.1. The number of ether oxygens (including phenoxy) is 2. The average molecular weight is 345 g/mol. The highest BCUT2D eigenvalue weighted by molar-refractivity contribution is 7.16. The van der Waals surface area contributed by atoms with Crippen molar-refractivity contribution in [2.24, 2.45) is 0 Å². The molecular formula is C16H15N3O4S. The molecule has 0 unspecified atom stereocenters. The van der Waals surface area contributed by atoms with Gasteiger partial charge in [-0.1, -0.05) is 29.0 Å². The van der Waals surface area contributed by atoms with Crippen LogP contribution in [-0.2, 0) is 22.7 Å². The van der Waals surface area contributed by atoms with Crippen molar-refractivity contribution in [3.05, 3.63) is 62.5 Å². The first kappa shape index (κ1) is 16.3. The zero-order chi connectivity index (χ0) is 17.1. The topological polar surface area (TPSA) is 82.8 Å². The third-order valence-electron chi connectivity index (χ3n) is 3.25. The fraction of sp³-hybridized carbons (Fsp3) is 0.250. The van der Waals surface area contributed by atoms with Gasteiger partial charge in [-0.2, -0.15) is 9.61 Å². The number of fused-ring (bicyclic) bond motifs is 1. The Kier molecular flexibility index (Phi) is 4.68. The van der Waals surface area contributed by atoms with Crippen LogP contribution in [0.3, 0.4) is 0 Å². The maximum Gasteiger partial charge on any atom is 0.338 e. The van der Waals surface area contributed by atoms with Crippen molar-refractivity contribution >= 4 is 22.3 Å². The highest BCUT2D eigenvalue weighted by atomic mass is 32.1. The first-order valence-corrected chi connectivity index (χ1v) is 8.00. The molecule has 0 N–H and O–H groups in total. The van der Waals surface area contributed by atoms with Crippen molar-refractivity contribution in [2.75, 3.05) is 7.11 Å². The molecule has 24 heavy (non-hydrogen) atoms. The van der Waals surface area contributed by atoms with E-state index < -0.39 is 5.97 Å². The Hall–Kier alpha value is -2.58. The van der Waals surface area contributed by atoms with E-state index in [4.69, 9.17) is 9.47 Å². The normalized spacial score (nSPS) is 10.9. The van der Waals surface area contributed by atoms with Crippen LogP contribution in [0, 0.1) is 6.92 Å². The maximum absolute atomic E-state index is 12.1. The van der Waals surface area contributed by atoms with Crippen molar-refractivity contribution in [1.82, 2.24) is 14.6 Å². The summed E-state index contributed by atoms with van der Waals surface area (Å²) in [7, 11) is 1.55. The minimum Gasteiger partial charge on any atom is -0.456 e. The number of benzene rings is 1. The number of hydrogen-bond donors (Lipinski definition) is 0. The first-order chi connectivity index (χ1) is 11.6. The summed E-state index contributed by atoms with van der Waals surface area (Å²) in [5, 5.41) is 4.77. The SMILES string of the molecule is COCc1nn2c(=O)cc(COC(=O)c3ccc(C)cc3)nc2s1. The molecule has 0 saturated heterocycles. The summed E-state index contributed by atoms with van der Waals surface area (Å²) in [4.78, 5) is 28.8. The smallest absolute Gasteiger partial charge is 0.338 e. The number of methoxy groups -OCH3 is 1. The highest BCUT2D eigenvalue weighted by Crippen LogP contribution is 2.13. The fourth-order valence-electron chi connectivity index (χ4n) is 2.06. The Morgan fingerprint density at radius 1 is 1.25 bits per heavy atom. The van der Waals surface area contributed by atoms with Crippen LogP contribution in [0.25, 0.3) is 4.96 Å². The molecule has 7 nitrogen and oxygen atoms in total. The van der Waals surface area contributed by atoms with Crippen LogP contribution in [0.4, 0.5) is 0 Å². The van der Waals surface area contributed by atoms with Gasteiger partial charge in [-0.3, -0.25) is 4.79 Å². The van der Waals surface area contributed by atoms with Gasteiger partial charge in [0.25, 0.3) is 5.56 Å². The van der Waals surface area contributed by atoms with Gasteiger partial charge in [0.15, 0.2) is 0 Å². The molecule has 0 saturated carbocycles. The van der Waals surface area contributed by atoms with Crippen LogP contribution in [-0.4, -0.2) is 27.7 Å². The van der Waals surface area contributed by atoms with E-state index in [-0.39, 0.29) is 12.2 Å². The second-order valence-corrected chi connectivity index (χ2v) is 6.19. The van der Waals surface area contributed by atoms with Gasteiger partial charge < -0.3 is 9.47 Å². The summed E-state index contributed by atoms with van der Waals surface area (Å²) in [6.45, 7) is 2.18. The molecule has 124 valence electrons. The standard InChI is InChI=1S/C16H15N3O4S/c1-10-3-5-11(6-4-10)15(21)23-8-12-7-14(20)19-16(17-12)24-13(18-19)9-22-2/h3-7H,8-9H2,1-2H3.